The number of rotatable bonds is 10. The van der Waals surface area contributed by atoms with Crippen LogP contribution < -0.4 is 0 Å². The number of aliphatic hydroxyl groups excluding tert-OH is 1. The summed E-state index contributed by atoms with van der Waals surface area (Å²) in [4.78, 5) is 1.20. The Bertz CT molecular complexity index is 744. The minimum Gasteiger partial charge on any atom is -0.373 e. The molecule has 8 atom stereocenters. The first kappa shape index (κ1) is 24.8. The number of hydrogen-bond donors (Lipinski definition) is 1. The number of ether oxygens (including phenoxy) is 6. The summed E-state index contributed by atoms with van der Waals surface area (Å²) in [6.45, 7) is 2.55. The molecule has 4 aliphatic rings. The van der Waals surface area contributed by atoms with Crippen LogP contribution in [-0.2, 0) is 35.0 Å². The molecule has 7 nitrogen and oxygen atoms in total. The van der Waals surface area contributed by atoms with E-state index in [1.54, 1.807) is 11.3 Å². The van der Waals surface area contributed by atoms with Crippen molar-refractivity contribution in [3.8, 4) is 0 Å². The van der Waals surface area contributed by atoms with Crippen molar-refractivity contribution in [1.29, 1.82) is 0 Å². The zero-order valence-electron chi connectivity index (χ0n) is 19.8. The van der Waals surface area contributed by atoms with E-state index in [0.717, 1.165) is 58.2 Å². The average molecular weight is 495 g/mol. The number of fused-ring (bicyclic) bond motifs is 1. The van der Waals surface area contributed by atoms with Gasteiger partial charge < -0.3 is 33.5 Å². The first-order chi connectivity index (χ1) is 16.7. The van der Waals surface area contributed by atoms with Gasteiger partial charge in [-0.3, -0.25) is 0 Å². The molecule has 4 heterocycles. The van der Waals surface area contributed by atoms with E-state index >= 15 is 0 Å². The van der Waals surface area contributed by atoms with Crippen LogP contribution in [0.3, 0.4) is 0 Å². The van der Waals surface area contributed by atoms with Crippen molar-refractivity contribution in [3.63, 3.8) is 0 Å². The lowest BCUT2D eigenvalue weighted by molar-refractivity contribution is -0.196. The normalized spacial score (nSPS) is 37.3. The fraction of sp³-hybridized carbons (Fsp3) is 0.769. The largest absolute Gasteiger partial charge is 0.373 e. The molecule has 0 spiro atoms. The van der Waals surface area contributed by atoms with E-state index in [4.69, 9.17) is 28.4 Å². The highest BCUT2D eigenvalue weighted by molar-refractivity contribution is 7.09. The Hall–Kier alpha value is -0.840. The van der Waals surface area contributed by atoms with E-state index in [1.165, 1.54) is 4.88 Å². The summed E-state index contributed by atoms with van der Waals surface area (Å²) >= 11 is 1.70. The maximum absolute atomic E-state index is 10.1. The maximum Gasteiger partial charge on any atom is 0.158 e. The van der Waals surface area contributed by atoms with Crippen molar-refractivity contribution in [2.24, 2.45) is 11.8 Å². The van der Waals surface area contributed by atoms with Crippen molar-refractivity contribution in [2.45, 2.75) is 95.2 Å². The zero-order chi connectivity index (χ0) is 23.2. The zero-order valence-corrected chi connectivity index (χ0v) is 20.6. The van der Waals surface area contributed by atoms with Gasteiger partial charge in [-0.2, -0.15) is 0 Å². The van der Waals surface area contributed by atoms with Gasteiger partial charge in [-0.05, 0) is 55.9 Å². The molecular weight excluding hydrogens is 456 g/mol. The van der Waals surface area contributed by atoms with Gasteiger partial charge in [-0.1, -0.05) is 18.2 Å². The molecule has 0 aromatic carbocycles. The molecule has 3 aliphatic heterocycles. The van der Waals surface area contributed by atoms with E-state index in [2.05, 4.69) is 23.6 Å². The average Bonchev–Trinajstić information content (AvgIpc) is 3.56. The van der Waals surface area contributed by atoms with E-state index < -0.39 is 6.29 Å². The van der Waals surface area contributed by atoms with Gasteiger partial charge in [0.25, 0.3) is 0 Å². The van der Waals surface area contributed by atoms with Crippen molar-refractivity contribution in [3.05, 3.63) is 34.5 Å². The van der Waals surface area contributed by atoms with Gasteiger partial charge in [0, 0.05) is 36.9 Å². The Morgan fingerprint density at radius 1 is 1.09 bits per heavy atom. The third kappa shape index (κ3) is 6.68. The van der Waals surface area contributed by atoms with Crippen LogP contribution in [0.4, 0.5) is 0 Å². The summed E-state index contributed by atoms with van der Waals surface area (Å²) < 4.78 is 36.2. The molecule has 0 bridgehead atoms. The van der Waals surface area contributed by atoms with Crippen molar-refractivity contribution < 1.29 is 33.5 Å². The van der Waals surface area contributed by atoms with Crippen molar-refractivity contribution in [1.82, 2.24) is 0 Å². The molecule has 0 radical (unpaired) electrons. The Morgan fingerprint density at radius 2 is 1.91 bits per heavy atom. The molecule has 1 saturated carbocycles. The van der Waals surface area contributed by atoms with Crippen molar-refractivity contribution >= 4 is 11.3 Å². The summed E-state index contributed by atoms with van der Waals surface area (Å²) in [6.07, 6.45) is 10.8. The Morgan fingerprint density at radius 3 is 2.65 bits per heavy atom. The smallest absolute Gasteiger partial charge is 0.158 e. The van der Waals surface area contributed by atoms with Gasteiger partial charge in [-0.15, -0.1) is 11.3 Å². The molecule has 1 aliphatic carbocycles. The molecule has 8 unspecified atom stereocenters. The Balaban J connectivity index is 1.24. The highest BCUT2D eigenvalue weighted by Gasteiger charge is 2.49. The standard InChI is InChI=1S/C26H38O7S/c27-24-14-21-20(22(15-23(21)32-24)33-26-8-2-4-12-30-26)10-9-18(31-25-7-1-3-11-29-25)16-28-17-19-6-5-13-34-19/h5-6,9-10,13,18,20-27H,1-4,7-8,11-12,14-17H2. The summed E-state index contributed by atoms with van der Waals surface area (Å²) in [5.74, 6) is 0.377. The topological polar surface area (TPSA) is 75.6 Å². The molecule has 1 aromatic rings. The van der Waals surface area contributed by atoms with Crippen LogP contribution >= 0.6 is 11.3 Å². The molecule has 5 rings (SSSR count). The molecule has 0 amide bonds. The number of hydrogen-bond acceptors (Lipinski definition) is 8. The maximum atomic E-state index is 10.1. The van der Waals surface area contributed by atoms with Gasteiger partial charge in [0.15, 0.2) is 18.9 Å². The van der Waals surface area contributed by atoms with Gasteiger partial charge >= 0.3 is 0 Å². The first-order valence-corrected chi connectivity index (χ1v) is 13.8. The van der Waals surface area contributed by atoms with Crippen LogP contribution in [0, 0.1) is 11.8 Å². The fourth-order valence-electron chi connectivity index (χ4n) is 5.54. The van der Waals surface area contributed by atoms with E-state index in [1.807, 2.05) is 6.07 Å². The predicted molar refractivity (Wildman–Crippen MR) is 127 cm³/mol. The Labute approximate surface area is 206 Å². The summed E-state index contributed by atoms with van der Waals surface area (Å²) in [6, 6.07) is 4.12. The lowest BCUT2D eigenvalue weighted by atomic mass is 9.91. The minimum absolute atomic E-state index is 0.0143. The lowest BCUT2D eigenvalue weighted by Crippen LogP contribution is -2.32. The molecule has 8 heteroatoms. The lowest BCUT2D eigenvalue weighted by Gasteiger charge is -2.30. The molecule has 3 saturated heterocycles. The first-order valence-electron chi connectivity index (χ1n) is 12.9. The Kier molecular flexibility index (Phi) is 9.07. The summed E-state index contributed by atoms with van der Waals surface area (Å²) in [5, 5.41) is 12.2. The van der Waals surface area contributed by atoms with Gasteiger partial charge in [-0.25, -0.2) is 0 Å². The second kappa shape index (κ2) is 12.4. The second-order valence-corrected chi connectivity index (χ2v) is 10.8. The van der Waals surface area contributed by atoms with Gasteiger partial charge in [0.05, 0.1) is 25.4 Å². The summed E-state index contributed by atoms with van der Waals surface area (Å²) in [7, 11) is 0. The SMILES string of the molecule is OC1CC2C(CC(OC3CCCCO3)C2C=CC(COCc2cccs2)OC2CCCCO2)O1. The van der Waals surface area contributed by atoms with Gasteiger partial charge in [0.2, 0.25) is 0 Å². The second-order valence-electron chi connectivity index (χ2n) is 9.76. The van der Waals surface area contributed by atoms with E-state index in [-0.39, 0.29) is 42.7 Å². The highest BCUT2D eigenvalue weighted by atomic mass is 32.1. The van der Waals surface area contributed by atoms with Crippen LogP contribution in [0.1, 0.15) is 56.2 Å². The molecule has 34 heavy (non-hydrogen) atoms. The number of aliphatic hydroxyl groups is 1. The molecule has 1 aromatic heterocycles. The minimum atomic E-state index is -0.686. The van der Waals surface area contributed by atoms with Crippen molar-refractivity contribution in [2.75, 3.05) is 19.8 Å². The van der Waals surface area contributed by atoms with Crippen LogP contribution in [-0.4, -0.2) is 62.1 Å². The quantitative estimate of drug-likeness (QED) is 0.484. The number of thiophene rings is 1. The summed E-state index contributed by atoms with van der Waals surface area (Å²) in [5.41, 5.74) is 0. The fourth-order valence-corrected chi connectivity index (χ4v) is 6.18. The highest BCUT2D eigenvalue weighted by Crippen LogP contribution is 2.45. The molecule has 1 N–H and O–H groups in total. The monoisotopic (exact) mass is 494 g/mol. The van der Waals surface area contributed by atoms with Gasteiger partial charge in [0.1, 0.15) is 6.10 Å². The molecule has 190 valence electrons. The third-order valence-electron chi connectivity index (χ3n) is 7.26. The third-order valence-corrected chi connectivity index (χ3v) is 8.10. The molecular formula is C26H38O7S. The molecule has 4 fully saturated rings. The van der Waals surface area contributed by atoms with Crippen LogP contribution in [0.2, 0.25) is 0 Å². The van der Waals surface area contributed by atoms with E-state index in [9.17, 15) is 5.11 Å². The van der Waals surface area contributed by atoms with Crippen LogP contribution in [0.25, 0.3) is 0 Å². The van der Waals surface area contributed by atoms with Crippen LogP contribution in [0.15, 0.2) is 29.7 Å². The van der Waals surface area contributed by atoms with E-state index in [0.29, 0.717) is 19.6 Å². The predicted octanol–water partition coefficient (Wildman–Crippen LogP) is 4.39. The van der Waals surface area contributed by atoms with Crippen LogP contribution in [0.5, 0.6) is 0 Å².